The third-order valence-corrected chi connectivity index (χ3v) is 15.0. The maximum absolute atomic E-state index is 14.8. The van der Waals surface area contributed by atoms with E-state index in [9.17, 15) is 24.3 Å². The van der Waals surface area contributed by atoms with Gasteiger partial charge < -0.3 is 39.6 Å². The van der Waals surface area contributed by atoms with Gasteiger partial charge in [0.05, 0.1) is 31.0 Å². The number of morpholine rings is 1. The number of aromatic nitrogens is 2. The van der Waals surface area contributed by atoms with Gasteiger partial charge in [-0.3, -0.25) is 19.3 Å². The molecule has 3 aliphatic carbocycles. The largest absolute Gasteiger partial charge is 0.491 e. The summed E-state index contributed by atoms with van der Waals surface area (Å²) < 4.78 is 24.4. The Hall–Kier alpha value is -4.58. The Balaban J connectivity index is 1.09. The van der Waals surface area contributed by atoms with E-state index in [2.05, 4.69) is 27.4 Å². The Labute approximate surface area is 389 Å². The highest BCUT2D eigenvalue weighted by molar-refractivity contribution is 7.14. The molecule has 16 nitrogen and oxygen atoms in total. The Morgan fingerprint density at radius 1 is 1.08 bits per heavy atom. The molecule has 0 radical (unpaired) electrons. The lowest BCUT2D eigenvalue weighted by Crippen LogP contribution is -2.57. The number of alkyl carbamates (subject to hydrolysis) is 1. The Bertz CT molecular complexity index is 2300. The molecule has 7 atom stereocenters. The number of aliphatic imine (C=N–C) groups is 1. The van der Waals surface area contributed by atoms with E-state index in [1.807, 2.05) is 53.0 Å². The number of amides is 3. The molecule has 5 aliphatic rings. The zero-order chi connectivity index (χ0) is 46.4. The van der Waals surface area contributed by atoms with Gasteiger partial charge in [0.2, 0.25) is 5.91 Å². The van der Waals surface area contributed by atoms with Crippen molar-refractivity contribution < 1.29 is 43.2 Å². The van der Waals surface area contributed by atoms with Gasteiger partial charge in [0.15, 0.2) is 5.13 Å². The van der Waals surface area contributed by atoms with Crippen molar-refractivity contribution in [2.24, 2.45) is 39.5 Å². The normalized spacial score (nSPS) is 28.0. The average molecular weight is 937 g/mol. The van der Waals surface area contributed by atoms with Crippen LogP contribution in [-0.4, -0.2) is 131 Å². The third-order valence-electron chi connectivity index (χ3n) is 13.9. The number of pyridine rings is 1. The van der Waals surface area contributed by atoms with Gasteiger partial charge in [0, 0.05) is 55.1 Å². The summed E-state index contributed by atoms with van der Waals surface area (Å²) in [6.45, 7) is 17.8. The van der Waals surface area contributed by atoms with Crippen molar-refractivity contribution in [3.63, 3.8) is 0 Å². The summed E-state index contributed by atoms with van der Waals surface area (Å²) in [4.78, 5) is 72.5. The fourth-order valence-corrected chi connectivity index (χ4v) is 10.9. The number of carboxylic acids is 1. The number of fused-ring (bicyclic) bond motifs is 2. The summed E-state index contributed by atoms with van der Waals surface area (Å²) in [5, 5.41) is 19.8. The maximum atomic E-state index is 14.8. The molecule has 352 valence electrons. The molecule has 3 saturated carbocycles. The monoisotopic (exact) mass is 935 g/mol. The highest BCUT2D eigenvalue weighted by atomic mass is 35.5. The smallest absolute Gasteiger partial charge is 0.408 e. The van der Waals surface area contributed by atoms with Crippen LogP contribution in [0.2, 0.25) is 5.02 Å². The third kappa shape index (κ3) is 10.2. The fourth-order valence-electron chi connectivity index (χ4n) is 9.83. The average Bonchev–Trinajstić information content (AvgIpc) is 3.76. The van der Waals surface area contributed by atoms with Crippen LogP contribution < -0.4 is 20.1 Å². The molecule has 5 fully saturated rings. The molecule has 18 heteroatoms. The van der Waals surface area contributed by atoms with Gasteiger partial charge in [-0.1, -0.05) is 52.6 Å². The predicted molar refractivity (Wildman–Crippen MR) is 248 cm³/mol. The molecule has 2 aliphatic heterocycles. The molecule has 3 amide bonds. The van der Waals surface area contributed by atoms with Crippen LogP contribution in [0.4, 0.5) is 9.93 Å². The van der Waals surface area contributed by atoms with E-state index in [0.29, 0.717) is 95.8 Å². The molecule has 7 unspecified atom stereocenters. The van der Waals surface area contributed by atoms with E-state index in [4.69, 9.17) is 40.5 Å². The number of hydrogen-bond acceptors (Lipinski definition) is 13. The number of carbonyl (C=O) groups excluding carboxylic acids is 3. The second-order valence-electron chi connectivity index (χ2n) is 19.8. The van der Waals surface area contributed by atoms with Crippen molar-refractivity contribution in [3.8, 4) is 22.9 Å². The zero-order valence-corrected chi connectivity index (χ0v) is 39.9. The Morgan fingerprint density at radius 2 is 1.82 bits per heavy atom. The number of carbonyl (C=O) groups is 4. The van der Waals surface area contributed by atoms with E-state index >= 15 is 0 Å². The number of thiazole rings is 1. The number of anilines is 1. The summed E-state index contributed by atoms with van der Waals surface area (Å²) in [5.74, 6) is 0.285. The zero-order valence-electron chi connectivity index (χ0n) is 38.3. The summed E-state index contributed by atoms with van der Waals surface area (Å²) >= 11 is 8.56. The minimum Gasteiger partial charge on any atom is -0.491 e. The maximum Gasteiger partial charge on any atom is 0.408 e. The Kier molecular flexibility index (Phi) is 13.7. The van der Waals surface area contributed by atoms with Gasteiger partial charge in [-0.25, -0.2) is 19.8 Å². The summed E-state index contributed by atoms with van der Waals surface area (Å²) in [6, 6.07) is 3.36. The van der Waals surface area contributed by atoms with Gasteiger partial charge in [0.25, 0.3) is 5.91 Å². The number of nitrogens with zero attached hydrogens (tertiary/aromatic N) is 5. The van der Waals surface area contributed by atoms with Crippen molar-refractivity contribution in [1.82, 2.24) is 25.1 Å². The standard InChI is InChI=1S/C47H62ClN7O9S/c1-8-27-21-47(27,43(58)59)24-49-41(56)35-19-29(22-55(35)42(57)40(46(5,6)7)53-45(60)64-28-17-31-26(4)32(31)18-28)63-37-20-33(34-23-65-44(52-34)50-25(2)3)51-39-30(37)9-10-36(38(39)48)62-16-13-54-11-14-61-15-12-54/h9-10,20,23-29,31-32,35,40H,8,11-19,21-22H2,1-7H3,(H,50,52)(H,53,60)(H,58,59). The van der Waals surface area contributed by atoms with E-state index in [-0.39, 0.29) is 31.0 Å². The fraction of sp³-hybridized carbons (Fsp3) is 0.638. The predicted octanol–water partition coefficient (Wildman–Crippen LogP) is 7.18. The van der Waals surface area contributed by atoms with Crippen LogP contribution in [-0.2, 0) is 23.9 Å². The number of ether oxygens (including phenoxy) is 4. The topological polar surface area (TPSA) is 194 Å². The van der Waals surface area contributed by atoms with Crippen LogP contribution in [0.5, 0.6) is 11.5 Å². The number of halogens is 1. The van der Waals surface area contributed by atoms with Crippen LogP contribution >= 0.6 is 22.9 Å². The van der Waals surface area contributed by atoms with Gasteiger partial charge in [-0.05, 0) is 74.3 Å². The van der Waals surface area contributed by atoms with Crippen LogP contribution in [0.25, 0.3) is 22.3 Å². The first-order valence-electron chi connectivity index (χ1n) is 23.0. The first-order valence-corrected chi connectivity index (χ1v) is 24.3. The van der Waals surface area contributed by atoms with Crippen molar-refractivity contribution in [1.29, 1.82) is 0 Å². The lowest BCUT2D eigenvalue weighted by atomic mass is 9.85. The van der Waals surface area contributed by atoms with E-state index in [1.165, 1.54) is 22.5 Å². The number of carboxylic acid groups (broad SMARTS) is 1. The number of hydrogen-bond donors (Lipinski definition) is 3. The SMILES string of the molecule is CCC1CC1(C=NC(=O)C1CC(Oc2cc(-c3csc(NC(C)C)n3)nc3c(Cl)c(OCCN4CCOCC4)ccc23)CN1C(=O)C(NC(=O)OC1CC2C(C)C2C1)C(C)(C)C)C(=O)O. The number of nitrogens with one attached hydrogen (secondary N) is 2. The molecule has 0 spiro atoms. The number of likely N-dealkylation sites (tertiary alicyclic amines) is 1. The quantitative estimate of drug-likeness (QED) is 0.123. The van der Waals surface area contributed by atoms with Crippen LogP contribution in [0.15, 0.2) is 28.6 Å². The molecule has 1 aromatic carbocycles. The molecule has 2 aromatic heterocycles. The van der Waals surface area contributed by atoms with Crippen LogP contribution in [0, 0.1) is 34.5 Å². The van der Waals surface area contributed by atoms with E-state index < -0.39 is 52.9 Å². The second-order valence-corrected chi connectivity index (χ2v) is 21.0. The molecular formula is C47H62ClN7O9S. The minimum absolute atomic E-state index is 0.0334. The molecular weight excluding hydrogens is 874 g/mol. The number of rotatable bonds is 16. The first kappa shape index (κ1) is 46.9. The lowest BCUT2D eigenvalue weighted by molar-refractivity contribution is -0.141. The first-order chi connectivity index (χ1) is 30.9. The van der Waals surface area contributed by atoms with Crippen molar-refractivity contribution in [2.45, 2.75) is 111 Å². The molecule has 4 heterocycles. The molecule has 3 N–H and O–H groups in total. The van der Waals surface area contributed by atoms with Crippen molar-refractivity contribution in [2.75, 3.05) is 51.3 Å². The van der Waals surface area contributed by atoms with E-state index in [1.54, 1.807) is 12.1 Å². The number of benzene rings is 1. The summed E-state index contributed by atoms with van der Waals surface area (Å²) in [6.07, 6.45) is 2.26. The van der Waals surface area contributed by atoms with Crippen molar-refractivity contribution in [3.05, 3.63) is 28.6 Å². The molecule has 2 saturated heterocycles. The van der Waals surface area contributed by atoms with Crippen LogP contribution in [0.1, 0.15) is 80.6 Å². The number of aliphatic carboxylic acids is 1. The van der Waals surface area contributed by atoms with Gasteiger partial charge in [-0.2, -0.15) is 0 Å². The highest BCUT2D eigenvalue weighted by Gasteiger charge is 2.59. The van der Waals surface area contributed by atoms with Gasteiger partial charge >= 0.3 is 12.1 Å². The van der Waals surface area contributed by atoms with E-state index in [0.717, 1.165) is 31.1 Å². The van der Waals surface area contributed by atoms with Gasteiger partial charge in [-0.15, -0.1) is 11.3 Å². The molecule has 8 rings (SSSR count). The minimum atomic E-state index is -1.23. The lowest BCUT2D eigenvalue weighted by Gasteiger charge is -2.35. The summed E-state index contributed by atoms with van der Waals surface area (Å²) in [7, 11) is 0. The second kappa shape index (κ2) is 19.0. The van der Waals surface area contributed by atoms with Crippen LogP contribution in [0.3, 0.4) is 0 Å². The Morgan fingerprint density at radius 3 is 2.48 bits per heavy atom. The highest BCUT2D eigenvalue weighted by Crippen LogP contribution is 2.58. The molecule has 0 bridgehead atoms. The summed E-state index contributed by atoms with van der Waals surface area (Å²) in [5.41, 5.74) is -0.508. The van der Waals surface area contributed by atoms with Gasteiger partial charge in [0.1, 0.15) is 58.5 Å². The molecule has 65 heavy (non-hydrogen) atoms. The van der Waals surface area contributed by atoms with Crippen molar-refractivity contribution >= 4 is 69.1 Å². The molecule has 3 aromatic rings.